The second-order valence-corrected chi connectivity index (χ2v) is 4.36. The molecule has 0 spiro atoms. The lowest BCUT2D eigenvalue weighted by Gasteiger charge is -2.33. The largest absolute Gasteiger partial charge is 0.353 e. The predicted octanol–water partition coefficient (Wildman–Crippen LogP) is 1.36. The molecule has 0 radical (unpaired) electrons. The minimum absolute atomic E-state index is 0.509. The van der Waals surface area contributed by atoms with E-state index in [1.54, 1.807) is 12.3 Å². The minimum Gasteiger partial charge on any atom is -0.353 e. The average molecular weight is 237 g/mol. The van der Waals surface area contributed by atoms with Gasteiger partial charge in [-0.05, 0) is 13.1 Å². The zero-order valence-corrected chi connectivity index (χ0v) is 9.91. The number of likely N-dealkylation sites (N-methyl/N-ethyl adjacent to an activating group) is 1. The summed E-state index contributed by atoms with van der Waals surface area (Å²) >= 11 is 5.82. The lowest BCUT2D eigenvalue weighted by molar-refractivity contribution is 0.312. The first-order valence-electron chi connectivity index (χ1n) is 5.20. The summed E-state index contributed by atoms with van der Waals surface area (Å²) in [6.07, 6.45) is 1.59. The molecule has 0 atom stereocenters. The summed E-state index contributed by atoms with van der Waals surface area (Å²) in [6.45, 7) is 3.80. The SMILES string of the molecule is CN1CCN(c2ncc(Cl)cc2C#N)CC1. The third-order valence-corrected chi connectivity index (χ3v) is 2.96. The van der Waals surface area contributed by atoms with E-state index < -0.39 is 0 Å². The molecule has 84 valence electrons. The second-order valence-electron chi connectivity index (χ2n) is 3.93. The van der Waals surface area contributed by atoms with Crippen molar-refractivity contribution in [2.75, 3.05) is 38.1 Å². The molecule has 1 aliphatic heterocycles. The molecule has 0 unspecified atom stereocenters. The van der Waals surface area contributed by atoms with Crippen molar-refractivity contribution in [2.24, 2.45) is 0 Å². The number of pyridine rings is 1. The number of anilines is 1. The summed E-state index contributed by atoms with van der Waals surface area (Å²) in [5.74, 6) is 0.750. The van der Waals surface area contributed by atoms with E-state index in [-0.39, 0.29) is 0 Å². The summed E-state index contributed by atoms with van der Waals surface area (Å²) in [6, 6.07) is 3.81. The van der Waals surface area contributed by atoms with Gasteiger partial charge in [-0.2, -0.15) is 5.26 Å². The lowest BCUT2D eigenvalue weighted by Crippen LogP contribution is -2.45. The van der Waals surface area contributed by atoms with E-state index in [2.05, 4.69) is 27.9 Å². The van der Waals surface area contributed by atoms with Gasteiger partial charge in [0.1, 0.15) is 11.9 Å². The molecule has 0 amide bonds. The number of hydrogen-bond donors (Lipinski definition) is 0. The van der Waals surface area contributed by atoms with Gasteiger partial charge in [0.2, 0.25) is 0 Å². The fourth-order valence-corrected chi connectivity index (χ4v) is 1.94. The van der Waals surface area contributed by atoms with E-state index in [4.69, 9.17) is 16.9 Å². The molecule has 0 bridgehead atoms. The van der Waals surface area contributed by atoms with Gasteiger partial charge in [-0.1, -0.05) is 11.6 Å². The Balaban J connectivity index is 2.24. The quantitative estimate of drug-likeness (QED) is 0.739. The van der Waals surface area contributed by atoms with Crippen molar-refractivity contribution in [2.45, 2.75) is 0 Å². The Hall–Kier alpha value is -1.31. The van der Waals surface area contributed by atoms with Gasteiger partial charge in [0, 0.05) is 32.4 Å². The fourth-order valence-electron chi connectivity index (χ4n) is 1.78. The van der Waals surface area contributed by atoms with Crippen molar-refractivity contribution in [1.29, 1.82) is 5.26 Å². The highest BCUT2D eigenvalue weighted by Gasteiger charge is 2.18. The van der Waals surface area contributed by atoms with Crippen molar-refractivity contribution in [3.63, 3.8) is 0 Å². The Morgan fingerprint density at radius 2 is 2.06 bits per heavy atom. The van der Waals surface area contributed by atoms with Crippen molar-refractivity contribution >= 4 is 17.4 Å². The molecule has 5 heteroatoms. The van der Waals surface area contributed by atoms with Crippen molar-refractivity contribution < 1.29 is 0 Å². The van der Waals surface area contributed by atoms with Gasteiger partial charge >= 0.3 is 0 Å². The molecule has 0 aromatic carbocycles. The van der Waals surface area contributed by atoms with Crippen LogP contribution in [0.1, 0.15) is 5.56 Å². The molecule has 16 heavy (non-hydrogen) atoms. The highest BCUT2D eigenvalue weighted by Crippen LogP contribution is 2.21. The molecule has 0 N–H and O–H groups in total. The molecule has 0 saturated carbocycles. The minimum atomic E-state index is 0.509. The van der Waals surface area contributed by atoms with Crippen LogP contribution >= 0.6 is 11.6 Å². The van der Waals surface area contributed by atoms with E-state index in [9.17, 15) is 0 Å². The van der Waals surface area contributed by atoms with E-state index in [1.165, 1.54) is 0 Å². The zero-order chi connectivity index (χ0) is 11.5. The van der Waals surface area contributed by atoms with Crippen LogP contribution in [0.3, 0.4) is 0 Å². The lowest BCUT2D eigenvalue weighted by atomic mass is 10.2. The van der Waals surface area contributed by atoms with E-state index in [1.807, 2.05) is 0 Å². The maximum atomic E-state index is 9.04. The van der Waals surface area contributed by atoms with Gasteiger partial charge in [-0.25, -0.2) is 4.98 Å². The maximum absolute atomic E-state index is 9.04. The molecule has 2 heterocycles. The van der Waals surface area contributed by atoms with Crippen LogP contribution < -0.4 is 4.90 Å². The zero-order valence-electron chi connectivity index (χ0n) is 9.15. The number of piperazine rings is 1. The molecule has 4 nitrogen and oxygen atoms in total. The fraction of sp³-hybridized carbons (Fsp3) is 0.455. The van der Waals surface area contributed by atoms with Gasteiger partial charge < -0.3 is 9.80 Å². The van der Waals surface area contributed by atoms with E-state index in [0.717, 1.165) is 32.0 Å². The molecule has 1 fully saturated rings. The summed E-state index contributed by atoms with van der Waals surface area (Å²) in [4.78, 5) is 8.65. The Kier molecular flexibility index (Phi) is 3.28. The standard InChI is InChI=1S/C11H13ClN4/c1-15-2-4-16(5-3-15)11-9(7-13)6-10(12)8-14-11/h6,8H,2-5H2,1H3. The third-order valence-electron chi connectivity index (χ3n) is 2.76. The molecule has 1 saturated heterocycles. The Labute approximate surface area is 100 Å². The molecule has 1 aromatic heterocycles. The van der Waals surface area contributed by atoms with Crippen molar-refractivity contribution in [1.82, 2.24) is 9.88 Å². The summed E-state index contributed by atoms with van der Waals surface area (Å²) in [5.41, 5.74) is 0.553. The second kappa shape index (κ2) is 4.69. The topological polar surface area (TPSA) is 43.2 Å². The summed E-state index contributed by atoms with van der Waals surface area (Å²) < 4.78 is 0. The molecule has 1 aliphatic rings. The van der Waals surface area contributed by atoms with Crippen molar-refractivity contribution in [3.8, 4) is 6.07 Å². The molecular weight excluding hydrogens is 224 g/mol. The van der Waals surface area contributed by atoms with Gasteiger partial charge in [0.15, 0.2) is 0 Å². The normalized spacial score (nSPS) is 17.2. The van der Waals surface area contributed by atoms with Crippen molar-refractivity contribution in [3.05, 3.63) is 22.8 Å². The maximum Gasteiger partial charge on any atom is 0.146 e. The van der Waals surface area contributed by atoms with Crippen LogP contribution in [-0.2, 0) is 0 Å². The molecular formula is C11H13ClN4. The summed E-state index contributed by atoms with van der Waals surface area (Å²) in [5, 5.41) is 9.55. The van der Waals surface area contributed by atoms with Crippen LogP contribution in [0.25, 0.3) is 0 Å². The number of nitrogens with zero attached hydrogens (tertiary/aromatic N) is 4. The monoisotopic (exact) mass is 236 g/mol. The molecule has 2 rings (SSSR count). The smallest absolute Gasteiger partial charge is 0.146 e. The van der Waals surface area contributed by atoms with Gasteiger partial charge in [-0.3, -0.25) is 0 Å². The number of halogens is 1. The van der Waals surface area contributed by atoms with Crippen LogP contribution in [0.2, 0.25) is 5.02 Å². The average Bonchev–Trinajstić information content (AvgIpc) is 2.30. The number of aromatic nitrogens is 1. The van der Waals surface area contributed by atoms with E-state index >= 15 is 0 Å². The molecule has 1 aromatic rings. The van der Waals surface area contributed by atoms with Gasteiger partial charge in [0.05, 0.1) is 10.6 Å². The van der Waals surface area contributed by atoms with Crippen LogP contribution in [-0.4, -0.2) is 43.1 Å². The van der Waals surface area contributed by atoms with Crippen LogP contribution in [0, 0.1) is 11.3 Å². The number of hydrogen-bond acceptors (Lipinski definition) is 4. The Morgan fingerprint density at radius 3 is 2.69 bits per heavy atom. The van der Waals surface area contributed by atoms with Gasteiger partial charge in [0.25, 0.3) is 0 Å². The van der Waals surface area contributed by atoms with Crippen LogP contribution in [0.4, 0.5) is 5.82 Å². The summed E-state index contributed by atoms with van der Waals surface area (Å²) in [7, 11) is 2.10. The first-order chi connectivity index (χ1) is 7.70. The van der Waals surface area contributed by atoms with Crippen LogP contribution in [0.15, 0.2) is 12.3 Å². The number of rotatable bonds is 1. The van der Waals surface area contributed by atoms with Gasteiger partial charge in [-0.15, -0.1) is 0 Å². The van der Waals surface area contributed by atoms with Crippen LogP contribution in [0.5, 0.6) is 0 Å². The molecule has 0 aliphatic carbocycles. The van der Waals surface area contributed by atoms with E-state index in [0.29, 0.717) is 10.6 Å². The third kappa shape index (κ3) is 2.26. The highest BCUT2D eigenvalue weighted by molar-refractivity contribution is 6.30. The number of nitriles is 1. The Bertz CT molecular complexity index is 418. The first-order valence-corrected chi connectivity index (χ1v) is 5.57. The predicted molar refractivity (Wildman–Crippen MR) is 63.7 cm³/mol. The Morgan fingerprint density at radius 1 is 1.38 bits per heavy atom. The highest BCUT2D eigenvalue weighted by atomic mass is 35.5. The first kappa shape index (κ1) is 11.2.